The molecule has 0 fully saturated rings. The van der Waals surface area contributed by atoms with Gasteiger partial charge in [-0.2, -0.15) is 0 Å². The summed E-state index contributed by atoms with van der Waals surface area (Å²) in [5.74, 6) is 0.0243. The predicted octanol–water partition coefficient (Wildman–Crippen LogP) is 1.56. The zero-order chi connectivity index (χ0) is 7.98. The van der Waals surface area contributed by atoms with Crippen LogP contribution in [0.25, 0.3) is 0 Å². The molecule has 2 heteroatoms. The van der Waals surface area contributed by atoms with E-state index in [2.05, 4.69) is 0 Å². The van der Waals surface area contributed by atoms with Gasteiger partial charge < -0.3 is 4.74 Å². The average molecular weight is 142 g/mol. The lowest BCUT2D eigenvalue weighted by Crippen LogP contribution is -2.10. The van der Waals surface area contributed by atoms with Crippen molar-refractivity contribution in [3.05, 3.63) is 12.2 Å². The maximum Gasteiger partial charge on any atom is 0.180 e. The number of hydrogen-bond donors (Lipinski definition) is 0. The Morgan fingerprint density at radius 3 is 2.60 bits per heavy atom. The molecule has 0 atom stereocenters. The maximum atomic E-state index is 10.7. The number of carbonyl (C=O) groups excluding carboxylic acids is 1. The van der Waals surface area contributed by atoms with Crippen molar-refractivity contribution in [3.63, 3.8) is 0 Å². The van der Waals surface area contributed by atoms with Gasteiger partial charge in [-0.25, -0.2) is 0 Å². The molecule has 0 saturated carbocycles. The molecule has 2 nitrogen and oxygen atoms in total. The lowest BCUT2D eigenvalue weighted by molar-refractivity contribution is -0.120. The second-order valence-electron chi connectivity index (χ2n) is 2.33. The van der Waals surface area contributed by atoms with E-state index in [-0.39, 0.29) is 18.5 Å². The maximum absolute atomic E-state index is 10.7. The molecule has 0 aromatic heterocycles. The molecule has 10 heavy (non-hydrogen) atoms. The SMILES string of the molecule is C/C=C/C(=O)COC(C)C. The summed E-state index contributed by atoms with van der Waals surface area (Å²) >= 11 is 0. The molecule has 0 aromatic carbocycles. The van der Waals surface area contributed by atoms with Crippen LogP contribution in [0.15, 0.2) is 12.2 Å². The van der Waals surface area contributed by atoms with E-state index in [0.29, 0.717) is 0 Å². The van der Waals surface area contributed by atoms with Gasteiger partial charge in [0.05, 0.1) is 6.10 Å². The van der Waals surface area contributed by atoms with Crippen molar-refractivity contribution in [1.29, 1.82) is 0 Å². The molecule has 0 N–H and O–H groups in total. The highest BCUT2D eigenvalue weighted by molar-refractivity contribution is 5.90. The van der Waals surface area contributed by atoms with Crippen molar-refractivity contribution >= 4 is 5.78 Å². The summed E-state index contributed by atoms with van der Waals surface area (Å²) in [6.07, 6.45) is 3.36. The van der Waals surface area contributed by atoms with Gasteiger partial charge in [-0.05, 0) is 26.8 Å². The Labute approximate surface area is 61.9 Å². The van der Waals surface area contributed by atoms with Crippen LogP contribution in [0, 0.1) is 0 Å². The van der Waals surface area contributed by atoms with Crippen molar-refractivity contribution in [3.8, 4) is 0 Å². The average Bonchev–Trinajstić information content (AvgIpc) is 1.85. The molecule has 0 aliphatic heterocycles. The molecule has 0 amide bonds. The summed E-state index contributed by atoms with van der Waals surface area (Å²) in [4.78, 5) is 10.7. The second-order valence-corrected chi connectivity index (χ2v) is 2.33. The number of carbonyl (C=O) groups is 1. The molecule has 0 aliphatic rings. The molecule has 0 aromatic rings. The fourth-order valence-corrected chi connectivity index (χ4v) is 0.483. The smallest absolute Gasteiger partial charge is 0.180 e. The van der Waals surface area contributed by atoms with E-state index in [1.807, 2.05) is 20.8 Å². The minimum atomic E-state index is 0.0243. The first-order chi connectivity index (χ1) is 4.66. The van der Waals surface area contributed by atoms with Gasteiger partial charge in [0.2, 0.25) is 0 Å². The van der Waals surface area contributed by atoms with Gasteiger partial charge in [0.1, 0.15) is 6.61 Å². The van der Waals surface area contributed by atoms with Crippen LogP contribution in [0.5, 0.6) is 0 Å². The Morgan fingerprint density at radius 1 is 1.60 bits per heavy atom. The van der Waals surface area contributed by atoms with E-state index in [1.165, 1.54) is 6.08 Å². The Balaban J connectivity index is 3.40. The van der Waals surface area contributed by atoms with Gasteiger partial charge >= 0.3 is 0 Å². The van der Waals surface area contributed by atoms with Gasteiger partial charge in [-0.3, -0.25) is 4.79 Å². The molecular weight excluding hydrogens is 128 g/mol. The summed E-state index contributed by atoms with van der Waals surface area (Å²) in [6, 6.07) is 0. The third kappa shape index (κ3) is 5.51. The van der Waals surface area contributed by atoms with Crippen LogP contribution in [0.1, 0.15) is 20.8 Å². The Hall–Kier alpha value is -0.630. The molecule has 0 rings (SSSR count). The first-order valence-electron chi connectivity index (χ1n) is 3.44. The standard InChI is InChI=1S/C8H14O2/c1-4-5-8(9)6-10-7(2)3/h4-5,7H,6H2,1-3H3/b5-4+. The zero-order valence-corrected chi connectivity index (χ0v) is 6.76. The van der Waals surface area contributed by atoms with E-state index in [0.717, 1.165) is 0 Å². The van der Waals surface area contributed by atoms with Crippen LogP contribution in [0.2, 0.25) is 0 Å². The van der Waals surface area contributed by atoms with Crippen LogP contribution >= 0.6 is 0 Å². The van der Waals surface area contributed by atoms with Crippen molar-refractivity contribution in [2.45, 2.75) is 26.9 Å². The molecule has 0 unspecified atom stereocenters. The van der Waals surface area contributed by atoms with Crippen LogP contribution in [-0.4, -0.2) is 18.5 Å². The van der Waals surface area contributed by atoms with Gasteiger partial charge in [0, 0.05) is 0 Å². The molecule has 0 aliphatic carbocycles. The number of ether oxygens (including phenoxy) is 1. The van der Waals surface area contributed by atoms with Crippen LogP contribution in [0.3, 0.4) is 0 Å². The third-order valence-corrected chi connectivity index (χ3v) is 0.911. The summed E-state index contributed by atoms with van der Waals surface area (Å²) in [6.45, 7) is 5.82. The van der Waals surface area contributed by atoms with E-state index < -0.39 is 0 Å². The van der Waals surface area contributed by atoms with Crippen LogP contribution in [-0.2, 0) is 9.53 Å². The topological polar surface area (TPSA) is 26.3 Å². The van der Waals surface area contributed by atoms with Gasteiger partial charge in [-0.1, -0.05) is 6.08 Å². The largest absolute Gasteiger partial charge is 0.371 e. The quantitative estimate of drug-likeness (QED) is 0.557. The Kier molecular flexibility index (Phi) is 4.85. The van der Waals surface area contributed by atoms with Gasteiger partial charge in [0.15, 0.2) is 5.78 Å². The molecular formula is C8H14O2. The first-order valence-corrected chi connectivity index (χ1v) is 3.44. The molecule has 0 radical (unpaired) electrons. The van der Waals surface area contributed by atoms with Crippen molar-refractivity contribution in [2.75, 3.05) is 6.61 Å². The monoisotopic (exact) mass is 142 g/mol. The Bertz CT molecular complexity index is 125. The lowest BCUT2D eigenvalue weighted by Gasteiger charge is -2.03. The molecule has 58 valence electrons. The van der Waals surface area contributed by atoms with E-state index in [4.69, 9.17) is 4.74 Å². The zero-order valence-electron chi connectivity index (χ0n) is 6.76. The molecule has 0 spiro atoms. The predicted molar refractivity (Wildman–Crippen MR) is 40.9 cm³/mol. The van der Waals surface area contributed by atoms with Crippen LogP contribution in [0.4, 0.5) is 0 Å². The molecule has 0 saturated heterocycles. The molecule has 0 heterocycles. The minimum Gasteiger partial charge on any atom is -0.371 e. The minimum absolute atomic E-state index is 0.0243. The number of hydrogen-bond acceptors (Lipinski definition) is 2. The van der Waals surface area contributed by atoms with E-state index in [1.54, 1.807) is 6.08 Å². The number of ketones is 1. The van der Waals surface area contributed by atoms with E-state index in [9.17, 15) is 4.79 Å². The van der Waals surface area contributed by atoms with Gasteiger partial charge in [0.25, 0.3) is 0 Å². The molecule has 0 bridgehead atoms. The highest BCUT2D eigenvalue weighted by Crippen LogP contribution is 1.88. The normalized spacial score (nSPS) is 11.2. The number of rotatable bonds is 4. The van der Waals surface area contributed by atoms with Gasteiger partial charge in [-0.15, -0.1) is 0 Å². The summed E-state index contributed by atoms with van der Waals surface area (Å²) in [7, 11) is 0. The van der Waals surface area contributed by atoms with Crippen molar-refractivity contribution < 1.29 is 9.53 Å². The lowest BCUT2D eigenvalue weighted by atomic mass is 10.4. The fraction of sp³-hybridized carbons (Fsp3) is 0.625. The highest BCUT2D eigenvalue weighted by Gasteiger charge is 1.97. The fourth-order valence-electron chi connectivity index (χ4n) is 0.483. The first kappa shape index (κ1) is 9.37. The van der Waals surface area contributed by atoms with Crippen molar-refractivity contribution in [1.82, 2.24) is 0 Å². The highest BCUT2D eigenvalue weighted by atomic mass is 16.5. The van der Waals surface area contributed by atoms with E-state index >= 15 is 0 Å². The number of allylic oxidation sites excluding steroid dienone is 1. The Morgan fingerprint density at radius 2 is 2.20 bits per heavy atom. The van der Waals surface area contributed by atoms with Crippen molar-refractivity contribution in [2.24, 2.45) is 0 Å². The second kappa shape index (κ2) is 5.18. The summed E-state index contributed by atoms with van der Waals surface area (Å²) in [5, 5.41) is 0. The third-order valence-electron chi connectivity index (χ3n) is 0.911. The van der Waals surface area contributed by atoms with Crippen LogP contribution < -0.4 is 0 Å². The summed E-state index contributed by atoms with van der Waals surface area (Å²) in [5.41, 5.74) is 0. The summed E-state index contributed by atoms with van der Waals surface area (Å²) < 4.78 is 5.06.